The Hall–Kier alpha value is -1.42. The van der Waals surface area contributed by atoms with Gasteiger partial charge in [0.15, 0.2) is 0 Å². The number of sulfonamides is 1. The van der Waals surface area contributed by atoms with Crippen LogP contribution in [0.5, 0.6) is 0 Å². The van der Waals surface area contributed by atoms with Crippen LogP contribution in [0.4, 0.5) is 0 Å². The van der Waals surface area contributed by atoms with Crippen LogP contribution in [0.1, 0.15) is 24.8 Å². The van der Waals surface area contributed by atoms with Gasteiger partial charge in [0, 0.05) is 24.5 Å². The van der Waals surface area contributed by atoms with Crippen molar-refractivity contribution in [2.75, 3.05) is 13.2 Å². The molecule has 2 N–H and O–H groups in total. The normalized spacial score (nSPS) is 15.4. The first-order valence-electron chi connectivity index (χ1n) is 6.16. The highest BCUT2D eigenvalue weighted by molar-refractivity contribution is 7.89. The van der Waals surface area contributed by atoms with Gasteiger partial charge in [-0.15, -0.1) is 0 Å². The Bertz CT molecular complexity index is 598. The fraction of sp³-hybridized carbons (Fsp3) is 0.462. The molecule has 1 aromatic rings. The Morgan fingerprint density at radius 1 is 1.42 bits per heavy atom. The Morgan fingerprint density at radius 3 is 2.84 bits per heavy atom. The van der Waals surface area contributed by atoms with Crippen molar-refractivity contribution in [2.24, 2.45) is 5.92 Å². The first-order valence-corrected chi connectivity index (χ1v) is 7.64. The van der Waals surface area contributed by atoms with Gasteiger partial charge in [-0.05, 0) is 24.8 Å². The quantitative estimate of drug-likeness (QED) is 0.787. The highest BCUT2D eigenvalue weighted by Gasteiger charge is 2.21. The topological polar surface area (TPSA) is 79.3 Å². The number of nitrogens with one attached hydrogen (secondary N) is 1. The van der Waals surface area contributed by atoms with Gasteiger partial charge in [0.2, 0.25) is 10.0 Å². The molecule has 1 aliphatic rings. The van der Waals surface area contributed by atoms with Gasteiger partial charge in [0.1, 0.15) is 11.5 Å². The van der Waals surface area contributed by atoms with E-state index in [-0.39, 0.29) is 11.5 Å². The van der Waals surface area contributed by atoms with Gasteiger partial charge in [-0.25, -0.2) is 13.1 Å². The van der Waals surface area contributed by atoms with E-state index < -0.39 is 10.0 Å². The molecular formula is C13H16N2O3S. The van der Waals surface area contributed by atoms with Crippen LogP contribution in [0.3, 0.4) is 0 Å². The van der Waals surface area contributed by atoms with Gasteiger partial charge in [0.25, 0.3) is 0 Å². The molecule has 0 spiro atoms. The minimum Gasteiger partial charge on any atom is -0.384 e. The highest BCUT2D eigenvalue weighted by Crippen LogP contribution is 2.25. The third-order valence-electron chi connectivity index (χ3n) is 3.12. The lowest BCUT2D eigenvalue weighted by Crippen LogP contribution is -2.32. The molecule has 6 heteroatoms. The summed E-state index contributed by atoms with van der Waals surface area (Å²) in [7, 11) is -3.52. The molecule has 0 unspecified atom stereocenters. The maximum atomic E-state index is 12.1. The lowest BCUT2D eigenvalue weighted by atomic mass is 9.86. The number of aromatic nitrogens is 1. The van der Waals surface area contributed by atoms with Gasteiger partial charge in [-0.2, -0.15) is 0 Å². The van der Waals surface area contributed by atoms with Crippen LogP contribution in [-0.4, -0.2) is 31.7 Å². The number of rotatable bonds is 4. The molecule has 1 aliphatic carbocycles. The third-order valence-corrected chi connectivity index (χ3v) is 4.51. The van der Waals surface area contributed by atoms with Crippen LogP contribution in [0.2, 0.25) is 0 Å². The molecule has 1 saturated carbocycles. The second-order valence-electron chi connectivity index (χ2n) is 4.52. The molecular weight excluding hydrogens is 264 g/mol. The minimum absolute atomic E-state index is 0.108. The maximum absolute atomic E-state index is 12.1. The summed E-state index contributed by atoms with van der Waals surface area (Å²) in [6.07, 6.45) is 6.12. The van der Waals surface area contributed by atoms with E-state index in [2.05, 4.69) is 21.5 Å². The number of hydrogen-bond donors (Lipinski definition) is 2. The van der Waals surface area contributed by atoms with Crippen LogP contribution in [0.15, 0.2) is 23.4 Å². The van der Waals surface area contributed by atoms with Crippen molar-refractivity contribution >= 4 is 10.0 Å². The molecule has 0 radical (unpaired) electrons. The van der Waals surface area contributed by atoms with Gasteiger partial charge in [-0.3, -0.25) is 4.98 Å². The molecule has 0 bridgehead atoms. The second-order valence-corrected chi connectivity index (χ2v) is 6.28. The van der Waals surface area contributed by atoms with Crippen molar-refractivity contribution in [3.8, 4) is 11.8 Å². The van der Waals surface area contributed by atoms with Crippen LogP contribution >= 0.6 is 0 Å². The lowest BCUT2D eigenvalue weighted by Gasteiger charge is -2.25. The van der Waals surface area contributed by atoms with Crippen molar-refractivity contribution in [3.05, 3.63) is 24.0 Å². The summed E-state index contributed by atoms with van der Waals surface area (Å²) < 4.78 is 26.7. The zero-order valence-electron chi connectivity index (χ0n) is 10.5. The molecule has 0 amide bonds. The third kappa shape index (κ3) is 3.77. The second kappa shape index (κ2) is 6.15. The average molecular weight is 280 g/mol. The molecule has 0 aliphatic heterocycles. The van der Waals surface area contributed by atoms with Crippen LogP contribution in [0, 0.1) is 17.8 Å². The van der Waals surface area contributed by atoms with E-state index in [1.165, 1.54) is 24.9 Å². The summed E-state index contributed by atoms with van der Waals surface area (Å²) in [5.41, 5.74) is 0.473. The summed E-state index contributed by atoms with van der Waals surface area (Å²) in [5, 5.41) is 8.61. The highest BCUT2D eigenvalue weighted by atomic mass is 32.2. The van der Waals surface area contributed by atoms with E-state index in [1.807, 2.05) is 0 Å². The largest absolute Gasteiger partial charge is 0.384 e. The monoisotopic (exact) mass is 280 g/mol. The molecule has 1 aromatic heterocycles. The first kappa shape index (κ1) is 14.0. The lowest BCUT2D eigenvalue weighted by molar-refractivity contribution is 0.316. The molecule has 5 nitrogen and oxygen atoms in total. The standard InChI is InChI=1S/C13H16N2O3S/c16-6-2-5-12-7-13(10-14-8-12)19(17,18)15-9-11-3-1-4-11/h7-8,10-11,15-16H,1,3-4,6,9H2. The number of aliphatic hydroxyl groups excluding tert-OH is 1. The zero-order valence-corrected chi connectivity index (χ0v) is 11.3. The van der Waals surface area contributed by atoms with Gasteiger partial charge in [-0.1, -0.05) is 18.3 Å². The summed E-state index contributed by atoms with van der Waals surface area (Å²) in [6, 6.07) is 1.46. The summed E-state index contributed by atoms with van der Waals surface area (Å²) in [5.74, 6) is 5.56. The minimum atomic E-state index is -3.52. The molecule has 0 aromatic carbocycles. The van der Waals surface area contributed by atoms with Gasteiger partial charge >= 0.3 is 0 Å². The Balaban J connectivity index is 2.10. The number of aliphatic hydroxyl groups is 1. The average Bonchev–Trinajstić information content (AvgIpc) is 2.35. The van der Waals surface area contributed by atoms with E-state index in [4.69, 9.17) is 5.11 Å². The van der Waals surface area contributed by atoms with E-state index in [0.29, 0.717) is 18.0 Å². The smallest absolute Gasteiger partial charge is 0.242 e. The van der Waals surface area contributed by atoms with Crippen molar-refractivity contribution in [2.45, 2.75) is 24.2 Å². The number of nitrogens with zero attached hydrogens (tertiary/aromatic N) is 1. The maximum Gasteiger partial charge on any atom is 0.242 e. The number of hydrogen-bond acceptors (Lipinski definition) is 4. The summed E-state index contributed by atoms with van der Waals surface area (Å²) in [4.78, 5) is 3.97. The molecule has 102 valence electrons. The summed E-state index contributed by atoms with van der Waals surface area (Å²) >= 11 is 0. The molecule has 19 heavy (non-hydrogen) atoms. The van der Waals surface area contributed by atoms with Crippen molar-refractivity contribution in [1.82, 2.24) is 9.71 Å². The SMILES string of the molecule is O=S(=O)(NCC1CCC1)c1cncc(C#CCO)c1. The van der Waals surface area contributed by atoms with E-state index in [1.54, 1.807) is 0 Å². The van der Waals surface area contributed by atoms with Crippen LogP contribution < -0.4 is 4.72 Å². The fourth-order valence-electron chi connectivity index (χ4n) is 1.78. The molecule has 0 saturated heterocycles. The van der Waals surface area contributed by atoms with E-state index in [0.717, 1.165) is 12.8 Å². The predicted octanol–water partition coefficient (Wildman–Crippen LogP) is 0.504. The van der Waals surface area contributed by atoms with Crippen LogP contribution in [0.25, 0.3) is 0 Å². The Morgan fingerprint density at radius 2 is 2.21 bits per heavy atom. The Kier molecular flexibility index (Phi) is 4.53. The first-order chi connectivity index (χ1) is 9.12. The predicted molar refractivity (Wildman–Crippen MR) is 70.7 cm³/mol. The van der Waals surface area contributed by atoms with Gasteiger partial charge < -0.3 is 5.11 Å². The zero-order chi connectivity index (χ0) is 13.7. The van der Waals surface area contributed by atoms with E-state index >= 15 is 0 Å². The molecule has 1 heterocycles. The van der Waals surface area contributed by atoms with Crippen molar-refractivity contribution < 1.29 is 13.5 Å². The van der Waals surface area contributed by atoms with Crippen LogP contribution in [-0.2, 0) is 10.0 Å². The van der Waals surface area contributed by atoms with E-state index in [9.17, 15) is 8.42 Å². The van der Waals surface area contributed by atoms with Crippen molar-refractivity contribution in [3.63, 3.8) is 0 Å². The molecule has 2 rings (SSSR count). The van der Waals surface area contributed by atoms with Gasteiger partial charge in [0.05, 0.1) is 0 Å². The summed E-state index contributed by atoms with van der Waals surface area (Å²) in [6.45, 7) is 0.214. The Labute approximate surface area is 113 Å². The van der Waals surface area contributed by atoms with Crippen molar-refractivity contribution in [1.29, 1.82) is 0 Å². The molecule has 1 fully saturated rings. The molecule has 0 atom stereocenters. The number of pyridine rings is 1. The fourth-order valence-corrected chi connectivity index (χ4v) is 2.89.